The van der Waals surface area contributed by atoms with Crippen molar-refractivity contribution >= 4 is 0 Å². The van der Waals surface area contributed by atoms with E-state index in [1.165, 1.54) is 58.3 Å². The van der Waals surface area contributed by atoms with E-state index in [0.29, 0.717) is 6.61 Å². The van der Waals surface area contributed by atoms with Crippen LogP contribution in [0.4, 0.5) is 0 Å². The van der Waals surface area contributed by atoms with Gasteiger partial charge in [0.05, 0.1) is 13.2 Å². The predicted molar refractivity (Wildman–Crippen MR) is 77.5 cm³/mol. The van der Waals surface area contributed by atoms with Crippen molar-refractivity contribution in [3.63, 3.8) is 0 Å². The van der Waals surface area contributed by atoms with E-state index in [-0.39, 0.29) is 0 Å². The van der Waals surface area contributed by atoms with E-state index in [0.717, 1.165) is 25.2 Å². The van der Waals surface area contributed by atoms with Gasteiger partial charge in [0.2, 0.25) is 0 Å². The van der Waals surface area contributed by atoms with Crippen molar-refractivity contribution in [2.45, 2.75) is 38.1 Å². The van der Waals surface area contributed by atoms with Crippen molar-refractivity contribution in [2.75, 3.05) is 53.1 Å². The molecular weight excluding hydrogens is 240 g/mol. The molecule has 4 nitrogen and oxygen atoms in total. The van der Waals surface area contributed by atoms with Crippen LogP contribution in [0.3, 0.4) is 0 Å². The molecule has 4 heteroatoms. The molecule has 0 radical (unpaired) electrons. The third-order valence-corrected chi connectivity index (χ3v) is 4.09. The highest BCUT2D eigenvalue weighted by atomic mass is 16.5. The van der Waals surface area contributed by atoms with E-state index in [4.69, 9.17) is 9.47 Å². The fraction of sp³-hybridized carbons (Fsp3) is 1.00. The first kappa shape index (κ1) is 15.2. The van der Waals surface area contributed by atoms with Gasteiger partial charge in [-0.2, -0.15) is 0 Å². The van der Waals surface area contributed by atoms with Crippen LogP contribution in [0.2, 0.25) is 0 Å². The second kappa shape index (κ2) is 8.90. The van der Waals surface area contributed by atoms with Gasteiger partial charge < -0.3 is 19.7 Å². The van der Waals surface area contributed by atoms with Crippen LogP contribution in [0.15, 0.2) is 0 Å². The van der Waals surface area contributed by atoms with Gasteiger partial charge in [-0.05, 0) is 57.7 Å². The van der Waals surface area contributed by atoms with Crippen LogP contribution in [0.1, 0.15) is 32.1 Å². The van der Waals surface area contributed by atoms with E-state index in [1.807, 2.05) is 0 Å². The van der Waals surface area contributed by atoms with Gasteiger partial charge in [-0.15, -0.1) is 0 Å². The molecule has 0 aromatic carbocycles. The van der Waals surface area contributed by atoms with Crippen molar-refractivity contribution in [3.8, 4) is 0 Å². The lowest BCUT2D eigenvalue weighted by Crippen LogP contribution is -2.28. The molecule has 0 spiro atoms. The Morgan fingerprint density at radius 1 is 1.11 bits per heavy atom. The molecule has 0 aromatic heterocycles. The number of hydrogen-bond donors (Lipinski definition) is 1. The molecule has 1 unspecified atom stereocenters. The molecule has 0 amide bonds. The first-order chi connectivity index (χ1) is 9.38. The van der Waals surface area contributed by atoms with Crippen molar-refractivity contribution in [1.29, 1.82) is 0 Å². The predicted octanol–water partition coefficient (Wildman–Crippen LogP) is 1.50. The molecule has 1 N–H and O–H groups in total. The van der Waals surface area contributed by atoms with Crippen LogP contribution >= 0.6 is 0 Å². The number of nitrogens with zero attached hydrogens (tertiary/aromatic N) is 1. The van der Waals surface area contributed by atoms with Gasteiger partial charge in [0.25, 0.3) is 0 Å². The number of nitrogens with one attached hydrogen (secondary N) is 1. The molecule has 1 aliphatic heterocycles. The Morgan fingerprint density at radius 3 is 2.79 bits per heavy atom. The third-order valence-electron chi connectivity index (χ3n) is 4.09. The second-order valence-corrected chi connectivity index (χ2v) is 5.95. The maximum atomic E-state index is 5.48. The van der Waals surface area contributed by atoms with Crippen molar-refractivity contribution in [3.05, 3.63) is 0 Å². The second-order valence-electron chi connectivity index (χ2n) is 5.95. The lowest BCUT2D eigenvalue weighted by atomic mass is 10.1. The molecule has 1 aliphatic carbocycles. The molecule has 19 heavy (non-hydrogen) atoms. The summed E-state index contributed by atoms with van der Waals surface area (Å²) < 4.78 is 10.4. The smallest absolute Gasteiger partial charge is 0.0700 e. The number of unbranched alkanes of at least 4 members (excludes halogenated alkanes) is 1. The lowest BCUT2D eigenvalue weighted by Gasteiger charge is -2.16. The Labute approximate surface area is 117 Å². The molecule has 1 saturated heterocycles. The van der Waals surface area contributed by atoms with Crippen LogP contribution < -0.4 is 5.32 Å². The van der Waals surface area contributed by atoms with Crippen molar-refractivity contribution in [1.82, 2.24) is 10.2 Å². The van der Waals surface area contributed by atoms with Crippen LogP contribution in [0, 0.1) is 5.92 Å². The number of rotatable bonds is 11. The number of ether oxygens (including phenoxy) is 2. The number of hydrogen-bond acceptors (Lipinski definition) is 4. The van der Waals surface area contributed by atoms with Gasteiger partial charge in [-0.25, -0.2) is 0 Å². The summed E-state index contributed by atoms with van der Waals surface area (Å²) in [6.45, 7) is 7.39. The minimum atomic E-state index is 0.710. The fourth-order valence-corrected chi connectivity index (χ4v) is 2.69. The molecule has 1 saturated carbocycles. The van der Waals surface area contributed by atoms with Crippen LogP contribution in [-0.2, 0) is 9.47 Å². The summed E-state index contributed by atoms with van der Waals surface area (Å²) in [7, 11) is 1.71. The lowest BCUT2D eigenvalue weighted by molar-refractivity contribution is 0.0679. The molecule has 1 heterocycles. The van der Waals surface area contributed by atoms with Gasteiger partial charge in [0.15, 0.2) is 0 Å². The summed E-state index contributed by atoms with van der Waals surface area (Å²) in [4.78, 5) is 2.62. The first-order valence-electron chi connectivity index (χ1n) is 7.91. The molecular formula is C15H30N2O2. The zero-order valence-corrected chi connectivity index (χ0v) is 12.4. The minimum absolute atomic E-state index is 0.710. The Bertz CT molecular complexity index is 234. The Balaban J connectivity index is 1.39. The summed E-state index contributed by atoms with van der Waals surface area (Å²) >= 11 is 0. The maximum absolute atomic E-state index is 5.48. The minimum Gasteiger partial charge on any atom is -0.382 e. The van der Waals surface area contributed by atoms with Gasteiger partial charge in [0.1, 0.15) is 0 Å². The average Bonchev–Trinajstić information content (AvgIpc) is 3.15. The van der Waals surface area contributed by atoms with E-state index < -0.39 is 0 Å². The average molecular weight is 270 g/mol. The Hall–Kier alpha value is -0.160. The summed E-state index contributed by atoms with van der Waals surface area (Å²) in [5.74, 6) is 0.888. The molecule has 112 valence electrons. The Kier molecular flexibility index (Phi) is 7.14. The highest BCUT2D eigenvalue weighted by Gasteiger charge is 2.25. The quantitative estimate of drug-likeness (QED) is 0.577. The zero-order chi connectivity index (χ0) is 13.3. The monoisotopic (exact) mass is 270 g/mol. The third kappa shape index (κ3) is 6.70. The maximum Gasteiger partial charge on any atom is 0.0700 e. The van der Waals surface area contributed by atoms with E-state index >= 15 is 0 Å². The van der Waals surface area contributed by atoms with Crippen molar-refractivity contribution < 1.29 is 9.47 Å². The van der Waals surface area contributed by atoms with Crippen LogP contribution in [-0.4, -0.2) is 64.1 Å². The summed E-state index contributed by atoms with van der Waals surface area (Å²) in [6.07, 6.45) is 6.62. The van der Waals surface area contributed by atoms with Crippen molar-refractivity contribution in [2.24, 2.45) is 5.92 Å². The molecule has 2 aliphatic rings. The number of likely N-dealkylation sites (tertiary alicyclic amines) is 1. The van der Waals surface area contributed by atoms with Gasteiger partial charge >= 0.3 is 0 Å². The standard InChI is InChI=1S/C15H30N2O2/c1-18-10-11-19-9-3-2-7-17-8-6-14(13-17)12-16-15-4-5-15/h14-16H,2-13H2,1H3. The summed E-state index contributed by atoms with van der Waals surface area (Å²) in [5.41, 5.74) is 0. The normalized spacial score (nSPS) is 24.2. The highest BCUT2D eigenvalue weighted by molar-refractivity contribution is 4.84. The molecule has 0 aromatic rings. The van der Waals surface area contributed by atoms with Gasteiger partial charge in [-0.3, -0.25) is 0 Å². The van der Waals surface area contributed by atoms with Gasteiger partial charge in [0, 0.05) is 26.3 Å². The zero-order valence-electron chi connectivity index (χ0n) is 12.4. The SMILES string of the molecule is COCCOCCCCN1CCC(CNC2CC2)C1. The van der Waals surface area contributed by atoms with Crippen LogP contribution in [0.25, 0.3) is 0 Å². The van der Waals surface area contributed by atoms with Crippen LogP contribution in [0.5, 0.6) is 0 Å². The highest BCUT2D eigenvalue weighted by Crippen LogP contribution is 2.21. The molecule has 2 rings (SSSR count). The Morgan fingerprint density at radius 2 is 2.00 bits per heavy atom. The van der Waals surface area contributed by atoms with E-state index in [1.54, 1.807) is 7.11 Å². The van der Waals surface area contributed by atoms with E-state index in [2.05, 4.69) is 10.2 Å². The molecule has 0 bridgehead atoms. The fourth-order valence-electron chi connectivity index (χ4n) is 2.69. The van der Waals surface area contributed by atoms with E-state index in [9.17, 15) is 0 Å². The summed E-state index contributed by atoms with van der Waals surface area (Å²) in [6, 6.07) is 0.860. The van der Waals surface area contributed by atoms with Gasteiger partial charge in [-0.1, -0.05) is 0 Å². The first-order valence-corrected chi connectivity index (χ1v) is 7.91. The molecule has 2 fully saturated rings. The summed E-state index contributed by atoms with van der Waals surface area (Å²) in [5, 5.41) is 3.66. The largest absolute Gasteiger partial charge is 0.382 e. The topological polar surface area (TPSA) is 33.7 Å². The number of methoxy groups -OCH3 is 1. The molecule has 1 atom stereocenters.